The molecule has 2 aromatic rings. The van der Waals surface area contributed by atoms with Crippen LogP contribution >= 0.6 is 0 Å². The summed E-state index contributed by atoms with van der Waals surface area (Å²) in [5, 5.41) is 0. The summed E-state index contributed by atoms with van der Waals surface area (Å²) in [4.78, 5) is 31.8. The van der Waals surface area contributed by atoms with Crippen molar-refractivity contribution < 1.29 is 19.1 Å². The van der Waals surface area contributed by atoms with Crippen LogP contribution in [-0.2, 0) is 9.59 Å². The number of pyridine rings is 1. The van der Waals surface area contributed by atoms with Gasteiger partial charge in [-0.2, -0.15) is 0 Å². The maximum Gasteiger partial charge on any atom is 0.261 e. The normalized spacial score (nSPS) is 14.4. The van der Waals surface area contributed by atoms with E-state index in [-0.39, 0.29) is 25.0 Å². The fourth-order valence-corrected chi connectivity index (χ4v) is 2.64. The highest BCUT2D eigenvalue weighted by atomic mass is 16.5. The Balaban J connectivity index is 1.57. The quantitative estimate of drug-likeness (QED) is 0.821. The number of hydrogen-bond donors (Lipinski definition) is 0. The van der Waals surface area contributed by atoms with Crippen molar-refractivity contribution in [2.45, 2.75) is 0 Å². The van der Waals surface area contributed by atoms with Crippen LogP contribution in [0, 0.1) is 0 Å². The van der Waals surface area contributed by atoms with Crippen molar-refractivity contribution in [2.24, 2.45) is 0 Å². The first kappa shape index (κ1) is 16.8. The van der Waals surface area contributed by atoms with Crippen molar-refractivity contribution in [1.82, 2.24) is 9.88 Å². The smallest absolute Gasteiger partial charge is 0.261 e. The van der Waals surface area contributed by atoms with Gasteiger partial charge in [0.2, 0.25) is 5.91 Å². The maximum absolute atomic E-state index is 12.3. The molecule has 1 aromatic carbocycles. The molecule has 7 nitrogen and oxygen atoms in total. The summed E-state index contributed by atoms with van der Waals surface area (Å²) in [6, 6.07) is 10.7. The summed E-state index contributed by atoms with van der Waals surface area (Å²) in [6.07, 6.45) is 3.29. The number of methoxy groups -OCH3 is 1. The minimum Gasteiger partial charge on any atom is -0.493 e. The van der Waals surface area contributed by atoms with Gasteiger partial charge in [0, 0.05) is 19.3 Å². The number of anilines is 1. The van der Waals surface area contributed by atoms with Gasteiger partial charge < -0.3 is 19.3 Å². The summed E-state index contributed by atoms with van der Waals surface area (Å²) in [7, 11) is 1.54. The summed E-state index contributed by atoms with van der Waals surface area (Å²) >= 11 is 0. The molecule has 0 unspecified atom stereocenters. The van der Waals surface area contributed by atoms with E-state index in [1.54, 1.807) is 48.7 Å². The van der Waals surface area contributed by atoms with Crippen molar-refractivity contribution in [2.75, 3.05) is 38.3 Å². The van der Waals surface area contributed by atoms with Crippen LogP contribution in [0.3, 0.4) is 0 Å². The van der Waals surface area contributed by atoms with E-state index >= 15 is 0 Å². The summed E-state index contributed by atoms with van der Waals surface area (Å²) in [6.45, 7) is 0.781. The molecule has 0 bridgehead atoms. The molecule has 0 N–H and O–H groups in total. The molecule has 130 valence electrons. The Morgan fingerprint density at radius 3 is 2.64 bits per heavy atom. The molecule has 0 aliphatic carbocycles. The number of carbonyl (C=O) groups excluding carboxylic acids is 2. The number of amides is 2. The Morgan fingerprint density at radius 1 is 1.16 bits per heavy atom. The molecule has 7 heteroatoms. The van der Waals surface area contributed by atoms with Crippen LogP contribution in [0.25, 0.3) is 0 Å². The average Bonchev–Trinajstić information content (AvgIpc) is 2.67. The Bertz CT molecular complexity index is 751. The minimum atomic E-state index is -0.231. The molecule has 25 heavy (non-hydrogen) atoms. The van der Waals surface area contributed by atoms with E-state index in [1.807, 2.05) is 12.1 Å². The Hall–Kier alpha value is -3.09. The number of aromatic nitrogens is 1. The Kier molecular flexibility index (Phi) is 5.13. The second-order valence-corrected chi connectivity index (χ2v) is 5.51. The molecular formula is C18H19N3O4. The third-order valence-corrected chi connectivity index (χ3v) is 3.95. The Labute approximate surface area is 145 Å². The van der Waals surface area contributed by atoms with Gasteiger partial charge in [0.25, 0.3) is 5.91 Å². The summed E-state index contributed by atoms with van der Waals surface area (Å²) in [5.41, 5.74) is 0.741. The molecule has 2 amide bonds. The lowest BCUT2D eigenvalue weighted by molar-refractivity contribution is -0.138. The number of carbonyl (C=O) groups is 2. The summed E-state index contributed by atoms with van der Waals surface area (Å²) < 4.78 is 10.7. The van der Waals surface area contributed by atoms with Crippen LogP contribution in [0.2, 0.25) is 0 Å². The van der Waals surface area contributed by atoms with E-state index in [1.165, 1.54) is 4.90 Å². The lowest BCUT2D eigenvalue weighted by Gasteiger charge is -2.34. The number of nitrogens with zero attached hydrogens (tertiary/aromatic N) is 3. The van der Waals surface area contributed by atoms with E-state index in [9.17, 15) is 9.59 Å². The van der Waals surface area contributed by atoms with Crippen LogP contribution in [0.5, 0.6) is 11.5 Å². The molecule has 0 spiro atoms. The molecule has 1 aliphatic heterocycles. The third kappa shape index (κ3) is 3.88. The van der Waals surface area contributed by atoms with E-state index < -0.39 is 0 Å². The van der Waals surface area contributed by atoms with Crippen molar-refractivity contribution in [3.8, 4) is 11.5 Å². The molecule has 0 saturated carbocycles. The first-order chi connectivity index (χ1) is 12.2. The zero-order valence-corrected chi connectivity index (χ0v) is 13.9. The van der Waals surface area contributed by atoms with Crippen LogP contribution in [0.1, 0.15) is 0 Å². The van der Waals surface area contributed by atoms with E-state index in [4.69, 9.17) is 9.47 Å². The number of benzene rings is 1. The molecular weight excluding hydrogens is 322 g/mol. The van der Waals surface area contributed by atoms with Gasteiger partial charge in [0.05, 0.1) is 19.0 Å². The van der Waals surface area contributed by atoms with Gasteiger partial charge in [-0.15, -0.1) is 0 Å². The number of ether oxygens (including phenoxy) is 2. The van der Waals surface area contributed by atoms with E-state index in [0.717, 1.165) is 5.69 Å². The molecule has 1 aromatic heterocycles. The largest absolute Gasteiger partial charge is 0.493 e. The average molecular weight is 341 g/mol. The van der Waals surface area contributed by atoms with Gasteiger partial charge in [-0.25, -0.2) is 0 Å². The fraction of sp³-hybridized carbons (Fsp3) is 0.278. The molecule has 1 saturated heterocycles. The highest BCUT2D eigenvalue weighted by molar-refractivity contribution is 5.97. The van der Waals surface area contributed by atoms with Crippen LogP contribution < -0.4 is 14.4 Å². The van der Waals surface area contributed by atoms with Gasteiger partial charge in [-0.1, -0.05) is 12.1 Å². The molecule has 0 atom stereocenters. The van der Waals surface area contributed by atoms with Gasteiger partial charge >= 0.3 is 0 Å². The van der Waals surface area contributed by atoms with Crippen LogP contribution in [-0.4, -0.2) is 55.0 Å². The first-order valence-corrected chi connectivity index (χ1v) is 7.93. The van der Waals surface area contributed by atoms with Crippen LogP contribution in [0.4, 0.5) is 5.69 Å². The number of hydrogen-bond acceptors (Lipinski definition) is 5. The summed E-state index contributed by atoms with van der Waals surface area (Å²) in [5.74, 6) is 0.696. The van der Waals surface area contributed by atoms with Gasteiger partial charge in [0.15, 0.2) is 18.1 Å². The highest BCUT2D eigenvalue weighted by Crippen LogP contribution is 2.25. The lowest BCUT2D eigenvalue weighted by Crippen LogP contribution is -2.53. The molecule has 3 rings (SSSR count). The molecule has 0 radical (unpaired) electrons. The number of para-hydroxylation sites is 2. The van der Waals surface area contributed by atoms with Crippen molar-refractivity contribution in [3.63, 3.8) is 0 Å². The van der Waals surface area contributed by atoms with Gasteiger partial charge in [-0.05, 0) is 24.3 Å². The van der Waals surface area contributed by atoms with E-state index in [2.05, 4.69) is 4.98 Å². The second-order valence-electron chi connectivity index (χ2n) is 5.51. The highest BCUT2D eigenvalue weighted by Gasteiger charge is 2.28. The molecule has 1 fully saturated rings. The predicted octanol–water partition coefficient (Wildman–Crippen LogP) is 1.34. The number of rotatable bonds is 5. The zero-order chi connectivity index (χ0) is 17.6. The third-order valence-electron chi connectivity index (χ3n) is 3.95. The van der Waals surface area contributed by atoms with Gasteiger partial charge in [0.1, 0.15) is 6.54 Å². The second kappa shape index (κ2) is 7.65. The maximum atomic E-state index is 12.3. The molecule has 2 heterocycles. The standard InChI is InChI=1S/C18H19N3O4/c1-24-15-6-2-3-7-16(15)25-13-18(23)20-9-10-21(17(22)12-20)14-5-4-8-19-11-14/h2-8,11H,9-10,12-13H2,1H3. The zero-order valence-electron chi connectivity index (χ0n) is 13.9. The number of piperazine rings is 1. The fourth-order valence-electron chi connectivity index (χ4n) is 2.64. The first-order valence-electron chi connectivity index (χ1n) is 7.93. The van der Waals surface area contributed by atoms with Crippen LogP contribution in [0.15, 0.2) is 48.8 Å². The van der Waals surface area contributed by atoms with Crippen molar-refractivity contribution in [1.29, 1.82) is 0 Å². The lowest BCUT2D eigenvalue weighted by atomic mass is 10.2. The SMILES string of the molecule is COc1ccccc1OCC(=O)N1CCN(c2cccnc2)C(=O)C1. The van der Waals surface area contributed by atoms with Crippen molar-refractivity contribution >= 4 is 17.5 Å². The topological polar surface area (TPSA) is 72.0 Å². The Morgan fingerprint density at radius 2 is 1.96 bits per heavy atom. The van der Waals surface area contributed by atoms with E-state index in [0.29, 0.717) is 24.6 Å². The predicted molar refractivity (Wildman–Crippen MR) is 91.7 cm³/mol. The monoisotopic (exact) mass is 341 g/mol. The molecule has 1 aliphatic rings. The van der Waals surface area contributed by atoms with Crippen molar-refractivity contribution in [3.05, 3.63) is 48.8 Å². The minimum absolute atomic E-state index is 0.0308. The van der Waals surface area contributed by atoms with Gasteiger partial charge in [-0.3, -0.25) is 14.6 Å².